The summed E-state index contributed by atoms with van der Waals surface area (Å²) in [6.07, 6.45) is 0. The summed E-state index contributed by atoms with van der Waals surface area (Å²) in [5.74, 6) is -0.494. The van der Waals surface area contributed by atoms with Crippen molar-refractivity contribution in [3.8, 4) is 5.75 Å². The average Bonchev–Trinajstić information content (AvgIpc) is 2.03. The van der Waals surface area contributed by atoms with E-state index in [9.17, 15) is 4.79 Å². The van der Waals surface area contributed by atoms with E-state index in [2.05, 4.69) is 0 Å². The standard InChI is InChI=1S/C8H7ClO3.K.H/c9-6-1-3-7(4-2-6)12-5-8(10)11;;/h1-4H,5H2,(H,10,11);;. The van der Waals surface area contributed by atoms with Crippen LogP contribution in [-0.2, 0) is 4.79 Å². The summed E-state index contributed by atoms with van der Waals surface area (Å²) in [7, 11) is 0. The Balaban J connectivity index is 0.00000144. The molecule has 0 saturated heterocycles. The number of hydrogen-bond acceptors (Lipinski definition) is 2. The predicted molar refractivity (Wildman–Crippen MR) is 51.7 cm³/mol. The van der Waals surface area contributed by atoms with E-state index in [1.54, 1.807) is 24.3 Å². The molecular formula is C8H8ClKO3. The van der Waals surface area contributed by atoms with E-state index in [1.807, 2.05) is 0 Å². The van der Waals surface area contributed by atoms with Gasteiger partial charge in [-0.25, -0.2) is 4.79 Å². The molecule has 0 heterocycles. The van der Waals surface area contributed by atoms with Crippen LogP contribution in [0.15, 0.2) is 24.3 Å². The predicted octanol–water partition coefficient (Wildman–Crippen LogP) is 1.15. The Bertz CT molecular complexity index is 273. The Morgan fingerprint density at radius 1 is 1.38 bits per heavy atom. The summed E-state index contributed by atoms with van der Waals surface area (Å²) >= 11 is 5.60. The van der Waals surface area contributed by atoms with Crippen LogP contribution < -0.4 is 4.74 Å². The summed E-state index contributed by atoms with van der Waals surface area (Å²) in [6.45, 7) is -0.332. The quantitative estimate of drug-likeness (QED) is 0.787. The molecule has 0 aliphatic heterocycles. The molecule has 0 unspecified atom stereocenters. The van der Waals surface area contributed by atoms with Gasteiger partial charge in [-0.05, 0) is 24.3 Å². The zero-order valence-electron chi connectivity index (χ0n) is 6.16. The molecule has 1 N–H and O–H groups in total. The molecule has 13 heavy (non-hydrogen) atoms. The van der Waals surface area contributed by atoms with Gasteiger partial charge in [-0.15, -0.1) is 0 Å². The molecule has 0 fully saturated rings. The maximum absolute atomic E-state index is 10.1. The number of carboxylic acid groups (broad SMARTS) is 1. The fourth-order valence-corrected chi connectivity index (χ4v) is 0.802. The minimum atomic E-state index is -0.995. The molecule has 5 heteroatoms. The monoisotopic (exact) mass is 226 g/mol. The first kappa shape index (κ1) is 13.4. The second-order valence-electron chi connectivity index (χ2n) is 2.14. The van der Waals surface area contributed by atoms with Gasteiger partial charge >= 0.3 is 57.4 Å². The van der Waals surface area contributed by atoms with Gasteiger partial charge < -0.3 is 9.84 Å². The van der Waals surface area contributed by atoms with E-state index in [0.717, 1.165) is 0 Å². The van der Waals surface area contributed by atoms with E-state index in [0.29, 0.717) is 10.8 Å². The molecule has 0 radical (unpaired) electrons. The van der Waals surface area contributed by atoms with Crippen LogP contribution in [0.4, 0.5) is 0 Å². The van der Waals surface area contributed by atoms with Gasteiger partial charge in [-0.3, -0.25) is 0 Å². The second kappa shape index (κ2) is 6.81. The Hall–Kier alpha value is 0.416. The van der Waals surface area contributed by atoms with E-state index >= 15 is 0 Å². The van der Waals surface area contributed by atoms with Crippen molar-refractivity contribution in [2.45, 2.75) is 0 Å². The van der Waals surface area contributed by atoms with E-state index < -0.39 is 5.97 Å². The van der Waals surface area contributed by atoms with Crippen molar-refractivity contribution in [2.24, 2.45) is 0 Å². The maximum atomic E-state index is 10.1. The van der Waals surface area contributed by atoms with E-state index in [4.69, 9.17) is 21.4 Å². The molecule has 0 aliphatic rings. The molecule has 1 rings (SSSR count). The van der Waals surface area contributed by atoms with Crippen molar-refractivity contribution in [3.05, 3.63) is 29.3 Å². The SMILES string of the molecule is O=C(O)COc1ccc(Cl)cc1.[KH]. The van der Waals surface area contributed by atoms with Crippen molar-refractivity contribution in [1.29, 1.82) is 0 Å². The van der Waals surface area contributed by atoms with Crippen molar-refractivity contribution in [3.63, 3.8) is 0 Å². The number of ether oxygens (including phenoxy) is 1. The molecule has 1 aromatic rings. The molecule has 1 aromatic carbocycles. The molecule has 0 aliphatic carbocycles. The summed E-state index contributed by atoms with van der Waals surface area (Å²) in [5.41, 5.74) is 0. The fraction of sp³-hybridized carbons (Fsp3) is 0.125. The third-order valence-electron chi connectivity index (χ3n) is 1.18. The molecule has 0 bridgehead atoms. The van der Waals surface area contributed by atoms with Crippen molar-refractivity contribution in [1.82, 2.24) is 0 Å². The van der Waals surface area contributed by atoms with Crippen molar-refractivity contribution < 1.29 is 14.6 Å². The Labute approximate surface area is 123 Å². The van der Waals surface area contributed by atoms with Crippen LogP contribution >= 0.6 is 11.6 Å². The van der Waals surface area contributed by atoms with Crippen molar-refractivity contribution >= 4 is 69.0 Å². The third kappa shape index (κ3) is 5.67. The van der Waals surface area contributed by atoms with Crippen LogP contribution in [0.25, 0.3) is 0 Å². The minimum absolute atomic E-state index is 0. The number of carbonyl (C=O) groups is 1. The zero-order valence-corrected chi connectivity index (χ0v) is 6.91. The van der Waals surface area contributed by atoms with Crippen LogP contribution in [0.3, 0.4) is 0 Å². The van der Waals surface area contributed by atoms with Crippen LogP contribution in [0.2, 0.25) is 5.02 Å². The molecule has 0 amide bonds. The molecule has 66 valence electrons. The molecule has 0 saturated carbocycles. The Morgan fingerprint density at radius 3 is 2.38 bits per heavy atom. The van der Waals surface area contributed by atoms with Crippen LogP contribution in [0.5, 0.6) is 5.75 Å². The van der Waals surface area contributed by atoms with Gasteiger partial charge in [0.2, 0.25) is 0 Å². The summed E-state index contributed by atoms with van der Waals surface area (Å²) in [5, 5.41) is 8.87. The first-order valence-electron chi connectivity index (χ1n) is 3.28. The van der Waals surface area contributed by atoms with Crippen LogP contribution in [0.1, 0.15) is 0 Å². The van der Waals surface area contributed by atoms with E-state index in [1.165, 1.54) is 0 Å². The molecule has 0 spiro atoms. The molecule has 0 aromatic heterocycles. The first-order valence-corrected chi connectivity index (χ1v) is 3.66. The third-order valence-corrected chi connectivity index (χ3v) is 1.43. The molecular weight excluding hydrogens is 219 g/mol. The number of carboxylic acids is 1. The van der Waals surface area contributed by atoms with Gasteiger partial charge in [0, 0.05) is 5.02 Å². The Morgan fingerprint density at radius 2 is 1.92 bits per heavy atom. The molecule has 3 nitrogen and oxygen atoms in total. The van der Waals surface area contributed by atoms with Crippen molar-refractivity contribution in [2.75, 3.05) is 6.61 Å². The Kier molecular flexibility index (Phi) is 7.03. The van der Waals surface area contributed by atoms with E-state index in [-0.39, 0.29) is 58.0 Å². The van der Waals surface area contributed by atoms with Gasteiger partial charge in [0.05, 0.1) is 0 Å². The topological polar surface area (TPSA) is 46.5 Å². The number of aliphatic carboxylic acids is 1. The number of benzene rings is 1. The van der Waals surface area contributed by atoms with Crippen LogP contribution in [0, 0.1) is 0 Å². The first-order chi connectivity index (χ1) is 5.68. The number of rotatable bonds is 3. The van der Waals surface area contributed by atoms with Crippen LogP contribution in [-0.4, -0.2) is 69.1 Å². The molecule has 0 atom stereocenters. The average molecular weight is 227 g/mol. The normalized spacial score (nSPS) is 8.69. The summed E-state index contributed by atoms with van der Waals surface area (Å²) in [6, 6.07) is 6.51. The van der Waals surface area contributed by atoms with Gasteiger partial charge in [0.1, 0.15) is 5.75 Å². The van der Waals surface area contributed by atoms with Gasteiger partial charge in [-0.1, -0.05) is 11.6 Å². The second-order valence-corrected chi connectivity index (χ2v) is 2.57. The number of hydrogen-bond donors (Lipinski definition) is 1. The summed E-state index contributed by atoms with van der Waals surface area (Å²) in [4.78, 5) is 10.1. The van der Waals surface area contributed by atoms with Gasteiger partial charge in [0.15, 0.2) is 6.61 Å². The van der Waals surface area contributed by atoms with Gasteiger partial charge in [0.25, 0.3) is 0 Å². The summed E-state index contributed by atoms with van der Waals surface area (Å²) < 4.78 is 4.86. The fourth-order valence-electron chi connectivity index (χ4n) is 0.676. The number of halogens is 1. The zero-order chi connectivity index (χ0) is 8.97. The van der Waals surface area contributed by atoms with Gasteiger partial charge in [-0.2, -0.15) is 0 Å².